The standard InChI is InChI=1S/C13H20N4/c1-2-4-13-12(7-9-14)15-16-17(13)10-8-11-5-3-6-11/h11H,2-8,10H2,1H3. The Labute approximate surface area is 103 Å². The van der Waals surface area contributed by atoms with E-state index in [2.05, 4.69) is 23.3 Å². The zero-order chi connectivity index (χ0) is 12.1. The lowest BCUT2D eigenvalue weighted by Crippen LogP contribution is -2.15. The molecule has 0 aromatic carbocycles. The molecular weight excluding hydrogens is 212 g/mol. The molecule has 4 heteroatoms. The van der Waals surface area contributed by atoms with Crippen LogP contribution in [-0.2, 0) is 19.4 Å². The molecule has 0 bridgehead atoms. The van der Waals surface area contributed by atoms with Crippen LogP contribution in [0.5, 0.6) is 0 Å². The van der Waals surface area contributed by atoms with E-state index < -0.39 is 0 Å². The Morgan fingerprint density at radius 1 is 1.47 bits per heavy atom. The molecule has 0 unspecified atom stereocenters. The van der Waals surface area contributed by atoms with Crippen molar-refractivity contribution in [2.75, 3.05) is 0 Å². The molecule has 1 saturated carbocycles. The molecule has 1 heterocycles. The van der Waals surface area contributed by atoms with Crippen LogP contribution in [0.15, 0.2) is 0 Å². The van der Waals surface area contributed by atoms with Crippen molar-refractivity contribution < 1.29 is 0 Å². The molecule has 0 atom stereocenters. The maximum atomic E-state index is 8.76. The zero-order valence-corrected chi connectivity index (χ0v) is 10.5. The molecule has 0 spiro atoms. The van der Waals surface area contributed by atoms with E-state index in [0.29, 0.717) is 6.42 Å². The van der Waals surface area contributed by atoms with Gasteiger partial charge in [0.25, 0.3) is 0 Å². The summed E-state index contributed by atoms with van der Waals surface area (Å²) in [5.41, 5.74) is 2.05. The van der Waals surface area contributed by atoms with Crippen molar-refractivity contribution in [2.24, 2.45) is 5.92 Å². The third-order valence-corrected chi connectivity index (χ3v) is 3.63. The Morgan fingerprint density at radius 2 is 2.29 bits per heavy atom. The molecule has 1 fully saturated rings. The Hall–Kier alpha value is -1.37. The van der Waals surface area contributed by atoms with E-state index in [1.165, 1.54) is 31.4 Å². The molecule has 0 N–H and O–H groups in total. The Bertz CT molecular complexity index is 398. The maximum Gasteiger partial charge on any atom is 0.0999 e. The third-order valence-electron chi connectivity index (χ3n) is 3.63. The number of aryl methyl sites for hydroxylation is 1. The van der Waals surface area contributed by atoms with Crippen molar-refractivity contribution >= 4 is 0 Å². The molecule has 1 aromatic rings. The van der Waals surface area contributed by atoms with Gasteiger partial charge in [0.15, 0.2) is 0 Å². The smallest absolute Gasteiger partial charge is 0.0999 e. The Balaban J connectivity index is 2.01. The van der Waals surface area contributed by atoms with Gasteiger partial charge in [-0.3, -0.25) is 0 Å². The molecule has 0 aliphatic heterocycles. The number of nitriles is 1. The minimum atomic E-state index is 0.388. The van der Waals surface area contributed by atoms with Gasteiger partial charge in [0.2, 0.25) is 0 Å². The molecule has 4 nitrogen and oxygen atoms in total. The van der Waals surface area contributed by atoms with E-state index in [9.17, 15) is 0 Å². The summed E-state index contributed by atoms with van der Waals surface area (Å²) in [6.45, 7) is 3.12. The highest BCUT2D eigenvalue weighted by molar-refractivity contribution is 5.14. The van der Waals surface area contributed by atoms with Crippen LogP contribution in [0.1, 0.15) is 50.4 Å². The highest BCUT2D eigenvalue weighted by Crippen LogP contribution is 2.29. The summed E-state index contributed by atoms with van der Waals surface area (Å²) in [7, 11) is 0. The van der Waals surface area contributed by atoms with E-state index in [-0.39, 0.29) is 0 Å². The van der Waals surface area contributed by atoms with Crippen LogP contribution < -0.4 is 0 Å². The van der Waals surface area contributed by atoms with Crippen molar-refractivity contribution in [1.82, 2.24) is 15.0 Å². The molecule has 0 amide bonds. The summed E-state index contributed by atoms with van der Waals surface area (Å²) in [6.07, 6.45) is 7.81. The summed E-state index contributed by atoms with van der Waals surface area (Å²) in [5, 5.41) is 17.1. The topological polar surface area (TPSA) is 54.5 Å². The quantitative estimate of drug-likeness (QED) is 0.757. The van der Waals surface area contributed by atoms with Crippen LogP contribution in [0.4, 0.5) is 0 Å². The van der Waals surface area contributed by atoms with Crippen LogP contribution in [0.25, 0.3) is 0 Å². The van der Waals surface area contributed by atoms with Gasteiger partial charge in [-0.1, -0.05) is 37.8 Å². The molecule has 92 valence electrons. The fraction of sp³-hybridized carbons (Fsp3) is 0.769. The van der Waals surface area contributed by atoms with Gasteiger partial charge in [-0.25, -0.2) is 4.68 Å². The van der Waals surface area contributed by atoms with Crippen molar-refractivity contribution in [3.63, 3.8) is 0 Å². The molecule has 0 radical (unpaired) electrons. The maximum absolute atomic E-state index is 8.76. The van der Waals surface area contributed by atoms with Crippen molar-refractivity contribution in [2.45, 2.75) is 58.4 Å². The first-order chi connectivity index (χ1) is 8.35. The van der Waals surface area contributed by atoms with Gasteiger partial charge < -0.3 is 0 Å². The first-order valence-electron chi connectivity index (χ1n) is 6.63. The number of nitrogens with zero attached hydrogens (tertiary/aromatic N) is 4. The minimum Gasteiger partial charge on any atom is -0.249 e. The number of hydrogen-bond donors (Lipinski definition) is 0. The van der Waals surface area contributed by atoms with Gasteiger partial charge in [0, 0.05) is 6.54 Å². The molecule has 1 aliphatic carbocycles. The summed E-state index contributed by atoms with van der Waals surface area (Å²) < 4.78 is 2.02. The third kappa shape index (κ3) is 2.85. The summed E-state index contributed by atoms with van der Waals surface area (Å²) >= 11 is 0. The van der Waals surface area contributed by atoms with Crippen molar-refractivity contribution in [1.29, 1.82) is 5.26 Å². The van der Waals surface area contributed by atoms with E-state index in [1.54, 1.807) is 0 Å². The summed E-state index contributed by atoms with van der Waals surface area (Å²) in [5.74, 6) is 0.896. The average molecular weight is 232 g/mol. The second-order valence-corrected chi connectivity index (χ2v) is 4.88. The minimum absolute atomic E-state index is 0.388. The van der Waals surface area contributed by atoms with E-state index in [0.717, 1.165) is 31.0 Å². The molecule has 1 aliphatic rings. The fourth-order valence-electron chi connectivity index (χ4n) is 2.36. The van der Waals surface area contributed by atoms with E-state index >= 15 is 0 Å². The fourth-order valence-corrected chi connectivity index (χ4v) is 2.36. The summed E-state index contributed by atoms with van der Waals surface area (Å²) in [4.78, 5) is 0. The zero-order valence-electron chi connectivity index (χ0n) is 10.5. The monoisotopic (exact) mass is 232 g/mol. The van der Waals surface area contributed by atoms with Crippen molar-refractivity contribution in [3.8, 4) is 6.07 Å². The molecule has 0 saturated heterocycles. The average Bonchev–Trinajstić information content (AvgIpc) is 2.61. The van der Waals surface area contributed by atoms with Gasteiger partial charge in [-0.05, 0) is 18.8 Å². The van der Waals surface area contributed by atoms with Crippen molar-refractivity contribution in [3.05, 3.63) is 11.4 Å². The first-order valence-corrected chi connectivity index (χ1v) is 6.63. The van der Waals surface area contributed by atoms with Gasteiger partial charge in [0.1, 0.15) is 0 Å². The highest BCUT2D eigenvalue weighted by atomic mass is 15.4. The van der Waals surface area contributed by atoms with Gasteiger partial charge in [0.05, 0.1) is 23.9 Å². The van der Waals surface area contributed by atoms with E-state index in [4.69, 9.17) is 5.26 Å². The number of hydrogen-bond acceptors (Lipinski definition) is 3. The predicted molar refractivity (Wildman–Crippen MR) is 65.3 cm³/mol. The number of rotatable bonds is 6. The van der Waals surface area contributed by atoms with Crippen LogP contribution in [0, 0.1) is 17.2 Å². The number of aromatic nitrogens is 3. The molecule has 2 rings (SSSR count). The SMILES string of the molecule is CCCc1c(CC#N)nnn1CCC1CCC1. The molecular formula is C13H20N4. The largest absolute Gasteiger partial charge is 0.249 e. The van der Waals surface area contributed by atoms with Gasteiger partial charge in [-0.15, -0.1) is 5.10 Å². The highest BCUT2D eigenvalue weighted by Gasteiger charge is 2.18. The summed E-state index contributed by atoms with van der Waals surface area (Å²) in [6, 6.07) is 2.17. The van der Waals surface area contributed by atoms with Gasteiger partial charge >= 0.3 is 0 Å². The van der Waals surface area contributed by atoms with Crippen LogP contribution >= 0.6 is 0 Å². The Kier molecular flexibility index (Phi) is 4.13. The molecule has 17 heavy (non-hydrogen) atoms. The second kappa shape index (κ2) is 5.81. The van der Waals surface area contributed by atoms with Gasteiger partial charge in [-0.2, -0.15) is 5.26 Å². The lowest BCUT2D eigenvalue weighted by atomic mass is 9.83. The lowest BCUT2D eigenvalue weighted by molar-refractivity contribution is 0.275. The van der Waals surface area contributed by atoms with E-state index in [1.807, 2.05) is 4.68 Å². The normalized spacial score (nSPS) is 15.5. The Morgan fingerprint density at radius 3 is 2.88 bits per heavy atom. The lowest BCUT2D eigenvalue weighted by Gasteiger charge is -2.25. The first kappa shape index (κ1) is 12.1. The van der Waals surface area contributed by atoms with Crippen LogP contribution in [0.3, 0.4) is 0 Å². The predicted octanol–water partition coefficient (Wildman–Crippen LogP) is 2.49. The molecule has 1 aromatic heterocycles. The van der Waals surface area contributed by atoms with Crippen LogP contribution in [0.2, 0.25) is 0 Å². The van der Waals surface area contributed by atoms with Crippen LogP contribution in [-0.4, -0.2) is 15.0 Å². The second-order valence-electron chi connectivity index (χ2n) is 4.88.